The second kappa shape index (κ2) is 7.44. The van der Waals surface area contributed by atoms with Gasteiger partial charge in [0.1, 0.15) is 5.39 Å². The van der Waals surface area contributed by atoms with Crippen molar-refractivity contribution in [2.75, 3.05) is 18.5 Å². The lowest BCUT2D eigenvalue weighted by Gasteiger charge is -2.26. The maximum absolute atomic E-state index is 13.0. The molecule has 0 radical (unpaired) electrons. The van der Waals surface area contributed by atoms with Crippen LogP contribution in [0.1, 0.15) is 31.4 Å². The van der Waals surface area contributed by atoms with Gasteiger partial charge < -0.3 is 20.1 Å². The van der Waals surface area contributed by atoms with Crippen molar-refractivity contribution in [1.82, 2.24) is 14.8 Å². The van der Waals surface area contributed by atoms with E-state index in [0.717, 1.165) is 12.8 Å². The van der Waals surface area contributed by atoms with Gasteiger partial charge in [-0.1, -0.05) is 12.1 Å². The second-order valence-corrected chi connectivity index (χ2v) is 7.50. The average molecular weight is 422 g/mol. The first-order valence-corrected chi connectivity index (χ1v) is 9.53. The molecule has 3 N–H and O–H groups in total. The number of aromatic amines is 1. The number of fused-ring (bicyclic) bond motifs is 1. The van der Waals surface area contributed by atoms with E-state index in [0.29, 0.717) is 42.5 Å². The third-order valence-corrected chi connectivity index (χ3v) is 5.37. The third kappa shape index (κ3) is 3.56. The van der Waals surface area contributed by atoms with Gasteiger partial charge in [0.2, 0.25) is 0 Å². The predicted octanol–water partition coefficient (Wildman–Crippen LogP) is 3.59. The quantitative estimate of drug-likeness (QED) is 0.598. The van der Waals surface area contributed by atoms with E-state index in [1.165, 1.54) is 24.3 Å². The Hall–Kier alpha value is -2.85. The Labute approximate surface area is 169 Å². The van der Waals surface area contributed by atoms with E-state index in [1.807, 2.05) is 0 Å². The molecule has 30 heavy (non-hydrogen) atoms. The zero-order valence-corrected chi connectivity index (χ0v) is 16.2. The van der Waals surface area contributed by atoms with Crippen LogP contribution in [0.15, 0.2) is 41.3 Å². The van der Waals surface area contributed by atoms with Crippen LogP contribution >= 0.6 is 0 Å². The molecule has 0 bridgehead atoms. The smallest absolute Gasteiger partial charge is 0.379 e. The van der Waals surface area contributed by atoms with Crippen molar-refractivity contribution >= 4 is 22.4 Å². The van der Waals surface area contributed by atoms with Crippen LogP contribution in [-0.4, -0.2) is 39.3 Å². The molecule has 160 valence electrons. The van der Waals surface area contributed by atoms with Crippen LogP contribution in [0, 0.1) is 0 Å². The molecule has 10 heteroatoms. The van der Waals surface area contributed by atoms with Gasteiger partial charge in [-0.15, -0.1) is 0 Å². The fraction of sp³-hybridized carbons (Fsp3) is 0.400. The Morgan fingerprint density at radius 1 is 1.27 bits per heavy atom. The number of ether oxygens (including phenoxy) is 1. The summed E-state index contributed by atoms with van der Waals surface area (Å²) in [4.78, 5) is 15.1. The minimum Gasteiger partial charge on any atom is -0.379 e. The molecule has 1 aromatic carbocycles. The molecular formula is C20H21F3N4O3. The Morgan fingerprint density at radius 2 is 2.00 bits per heavy atom. The zero-order valence-electron chi connectivity index (χ0n) is 16.2. The fourth-order valence-electron chi connectivity index (χ4n) is 3.56. The van der Waals surface area contributed by atoms with Crippen LogP contribution < -0.4 is 10.9 Å². The number of aromatic nitrogens is 3. The van der Waals surface area contributed by atoms with Gasteiger partial charge in [0, 0.05) is 18.5 Å². The highest BCUT2D eigenvalue weighted by Crippen LogP contribution is 2.39. The van der Waals surface area contributed by atoms with E-state index in [2.05, 4.69) is 15.4 Å². The van der Waals surface area contributed by atoms with Crippen molar-refractivity contribution in [3.05, 3.63) is 52.4 Å². The Balaban J connectivity index is 1.68. The zero-order chi connectivity index (χ0) is 21.5. The summed E-state index contributed by atoms with van der Waals surface area (Å²) in [5, 5.41) is 17.7. The van der Waals surface area contributed by atoms with Crippen molar-refractivity contribution in [3.63, 3.8) is 0 Å². The van der Waals surface area contributed by atoms with Crippen LogP contribution in [0.25, 0.3) is 10.9 Å². The molecule has 1 saturated heterocycles. The number of benzene rings is 1. The SMILES string of the molecule is CC(O)(c1ccc(Nc2nn([C@@H]3CCCOC3)c3cc[nH]c(=O)c23)cc1)C(F)(F)F. The normalized spacial score (nSPS) is 19.6. The maximum atomic E-state index is 13.0. The summed E-state index contributed by atoms with van der Waals surface area (Å²) in [6.45, 7) is 1.89. The number of alkyl halides is 3. The van der Waals surface area contributed by atoms with Gasteiger partial charge in [-0.05, 0) is 43.5 Å². The predicted molar refractivity (Wildman–Crippen MR) is 105 cm³/mol. The highest BCUT2D eigenvalue weighted by atomic mass is 19.4. The number of H-pyrrole nitrogens is 1. The molecule has 3 aromatic rings. The second-order valence-electron chi connectivity index (χ2n) is 7.50. The highest BCUT2D eigenvalue weighted by Gasteiger charge is 2.51. The van der Waals surface area contributed by atoms with E-state index in [-0.39, 0.29) is 17.2 Å². The van der Waals surface area contributed by atoms with Crippen molar-refractivity contribution in [3.8, 4) is 0 Å². The molecule has 2 aromatic heterocycles. The fourth-order valence-corrected chi connectivity index (χ4v) is 3.56. The van der Waals surface area contributed by atoms with E-state index in [4.69, 9.17) is 4.74 Å². The van der Waals surface area contributed by atoms with Crippen LogP contribution in [-0.2, 0) is 10.3 Å². The number of hydrogen-bond donors (Lipinski definition) is 3. The van der Waals surface area contributed by atoms with E-state index in [9.17, 15) is 23.1 Å². The average Bonchev–Trinajstić information content (AvgIpc) is 3.08. The molecule has 0 amide bonds. The molecule has 2 atom stereocenters. The van der Waals surface area contributed by atoms with E-state index < -0.39 is 11.8 Å². The lowest BCUT2D eigenvalue weighted by molar-refractivity contribution is -0.258. The lowest BCUT2D eigenvalue weighted by Crippen LogP contribution is -2.39. The minimum absolute atomic E-state index is 0.0112. The molecule has 1 aliphatic rings. The molecular weight excluding hydrogens is 401 g/mol. The van der Waals surface area contributed by atoms with E-state index >= 15 is 0 Å². The molecule has 3 heterocycles. The number of nitrogens with one attached hydrogen (secondary N) is 2. The van der Waals surface area contributed by atoms with Crippen LogP contribution in [0.3, 0.4) is 0 Å². The molecule has 0 spiro atoms. The summed E-state index contributed by atoms with van der Waals surface area (Å²) in [5.74, 6) is 0.299. The first-order valence-electron chi connectivity index (χ1n) is 9.53. The summed E-state index contributed by atoms with van der Waals surface area (Å²) < 4.78 is 46.4. The summed E-state index contributed by atoms with van der Waals surface area (Å²) in [6, 6.07) is 6.93. The lowest BCUT2D eigenvalue weighted by atomic mass is 9.95. The van der Waals surface area contributed by atoms with Crippen molar-refractivity contribution in [2.24, 2.45) is 0 Å². The molecule has 1 aliphatic heterocycles. The maximum Gasteiger partial charge on any atom is 0.421 e. The van der Waals surface area contributed by atoms with Crippen molar-refractivity contribution in [2.45, 2.75) is 37.6 Å². The topological polar surface area (TPSA) is 92.2 Å². The molecule has 0 saturated carbocycles. The first kappa shape index (κ1) is 20.4. The number of nitrogens with zero attached hydrogens (tertiary/aromatic N) is 2. The molecule has 4 rings (SSSR count). The number of halogens is 3. The monoisotopic (exact) mass is 422 g/mol. The summed E-state index contributed by atoms with van der Waals surface area (Å²) >= 11 is 0. The molecule has 1 fully saturated rings. The van der Waals surface area contributed by atoms with Gasteiger partial charge in [0.25, 0.3) is 5.56 Å². The number of hydrogen-bond acceptors (Lipinski definition) is 5. The first-order chi connectivity index (χ1) is 14.2. The van der Waals surface area contributed by atoms with Crippen LogP contribution in [0.4, 0.5) is 24.7 Å². The number of aliphatic hydroxyl groups is 1. The Bertz CT molecular complexity index is 1100. The standard InChI is InChI=1S/C20H21F3N4O3/c1-19(29,20(21,22)23)12-4-6-13(7-5-12)25-17-16-15(8-9-24-18(16)28)27(26-17)14-3-2-10-30-11-14/h4-9,14,29H,2-3,10-11H2,1H3,(H,24,28)(H,25,26)/t14-,19?/m1/s1. The van der Waals surface area contributed by atoms with Gasteiger partial charge in [-0.25, -0.2) is 0 Å². The van der Waals surface area contributed by atoms with Gasteiger partial charge in [-0.2, -0.15) is 18.3 Å². The van der Waals surface area contributed by atoms with Crippen LogP contribution in [0.5, 0.6) is 0 Å². The largest absolute Gasteiger partial charge is 0.421 e. The Kier molecular flexibility index (Phi) is 5.07. The number of rotatable bonds is 4. The number of anilines is 2. The summed E-state index contributed by atoms with van der Waals surface area (Å²) in [5.41, 5.74) is -2.49. The Morgan fingerprint density at radius 3 is 2.63 bits per heavy atom. The minimum atomic E-state index is -4.80. The summed E-state index contributed by atoms with van der Waals surface area (Å²) in [7, 11) is 0. The highest BCUT2D eigenvalue weighted by molar-refractivity contribution is 5.91. The van der Waals surface area contributed by atoms with E-state index in [1.54, 1.807) is 16.9 Å². The molecule has 0 aliphatic carbocycles. The van der Waals surface area contributed by atoms with Crippen molar-refractivity contribution < 1.29 is 23.0 Å². The van der Waals surface area contributed by atoms with Gasteiger partial charge in [-0.3, -0.25) is 9.48 Å². The van der Waals surface area contributed by atoms with Gasteiger partial charge in [0.15, 0.2) is 11.4 Å². The van der Waals surface area contributed by atoms with Crippen LogP contribution in [0.2, 0.25) is 0 Å². The molecule has 7 nitrogen and oxygen atoms in total. The number of pyridine rings is 1. The molecule has 1 unspecified atom stereocenters. The van der Waals surface area contributed by atoms with Gasteiger partial charge in [0.05, 0.1) is 18.2 Å². The summed E-state index contributed by atoms with van der Waals surface area (Å²) in [6.07, 6.45) is -1.50. The van der Waals surface area contributed by atoms with Gasteiger partial charge >= 0.3 is 6.18 Å². The van der Waals surface area contributed by atoms with Crippen molar-refractivity contribution in [1.29, 1.82) is 0 Å². The third-order valence-electron chi connectivity index (χ3n) is 5.37.